The van der Waals surface area contributed by atoms with Gasteiger partial charge >= 0.3 is 15.1 Å². The molecule has 0 saturated carbocycles. The first-order chi connectivity index (χ1) is 13.3. The first-order valence-electron chi connectivity index (χ1n) is 10.0. The fourth-order valence-corrected chi connectivity index (χ4v) is 3.54. The van der Waals surface area contributed by atoms with E-state index >= 15 is 0 Å². The Bertz CT molecular complexity index is 533. The molecule has 0 fully saturated rings. The van der Waals surface area contributed by atoms with E-state index in [1.807, 2.05) is 20.8 Å². The summed E-state index contributed by atoms with van der Waals surface area (Å²) in [5.41, 5.74) is 0. The summed E-state index contributed by atoms with van der Waals surface area (Å²) in [6, 6.07) is 0. The molecule has 0 aromatic carbocycles. The number of hydrogen-bond acceptors (Lipinski definition) is 6. The molecule has 0 aliphatic carbocycles. The average Bonchev–Trinajstić information content (AvgIpc) is 2.71. The largest absolute Gasteiger partial charge is 1.20 e. The minimum atomic E-state index is -2.83. The molecule has 0 atom stereocenters. The van der Waals surface area contributed by atoms with Crippen molar-refractivity contribution in [1.82, 2.24) is 0 Å². The smallest absolute Gasteiger partial charge is 0.580 e. The van der Waals surface area contributed by atoms with E-state index in [-0.39, 0.29) is 17.3 Å². The zero-order valence-corrected chi connectivity index (χ0v) is 19.2. The summed E-state index contributed by atoms with van der Waals surface area (Å²) in [5, 5.41) is 0. The van der Waals surface area contributed by atoms with Crippen LogP contribution in [0.25, 0.3) is 0 Å². The van der Waals surface area contributed by atoms with Crippen LogP contribution in [-0.4, -0.2) is 32.5 Å². The fourth-order valence-electron chi connectivity index (χ4n) is 1.95. The van der Waals surface area contributed by atoms with Gasteiger partial charge in [0, 0.05) is 37.5 Å². The van der Waals surface area contributed by atoms with E-state index in [1.165, 1.54) is 18.2 Å². The third-order valence-electron chi connectivity index (χ3n) is 3.80. The molecule has 0 aliphatic rings. The predicted molar refractivity (Wildman–Crippen MR) is 110 cm³/mol. The van der Waals surface area contributed by atoms with Crippen molar-refractivity contribution in [1.29, 1.82) is 0 Å². The van der Waals surface area contributed by atoms with Gasteiger partial charge in [0.1, 0.15) is 0 Å². The van der Waals surface area contributed by atoms with Gasteiger partial charge in [0.2, 0.25) is 0 Å². The van der Waals surface area contributed by atoms with E-state index in [0.717, 1.165) is 0 Å². The van der Waals surface area contributed by atoms with Gasteiger partial charge < -0.3 is 11.4 Å². The highest BCUT2D eigenvalue weighted by atomic mass is 27.3. The van der Waals surface area contributed by atoms with Gasteiger partial charge in [0.05, 0.1) is 17.3 Å². The first-order valence-corrected chi connectivity index (χ1v) is 11.4. The van der Waals surface area contributed by atoms with Crippen molar-refractivity contribution < 1.29 is 25.7 Å². The lowest BCUT2D eigenvalue weighted by Crippen LogP contribution is -2.27. The molecule has 7 heteroatoms. The highest BCUT2D eigenvalue weighted by Gasteiger charge is 2.45. The van der Waals surface area contributed by atoms with Gasteiger partial charge in [-0.3, -0.25) is 14.4 Å². The monoisotopic (exact) mass is 408 g/mol. The standard InChI is InChI=1S/3C7H12O2.Al/c3*1-3-6(8)5-7(9)4-2;/h3*5,8H,3-4H2,1-2H3;/q;;;+3/p-3/b3*6-5-;. The van der Waals surface area contributed by atoms with Crippen molar-refractivity contribution in [2.45, 2.75) is 80.1 Å². The molecular formula is C21H33AlO6. The second-order valence-corrected chi connectivity index (χ2v) is 7.28. The molecule has 0 N–H and O–H groups in total. The highest BCUT2D eigenvalue weighted by Crippen LogP contribution is 2.17. The van der Waals surface area contributed by atoms with Crippen LogP contribution in [0.4, 0.5) is 0 Å². The van der Waals surface area contributed by atoms with Crippen molar-refractivity contribution in [3.05, 3.63) is 35.5 Å². The fraction of sp³-hybridized carbons (Fsp3) is 0.571. The van der Waals surface area contributed by atoms with Crippen LogP contribution in [0.3, 0.4) is 0 Å². The Kier molecular flexibility index (Phi) is 14.1. The third-order valence-corrected chi connectivity index (χ3v) is 5.29. The summed E-state index contributed by atoms with van der Waals surface area (Å²) >= 11 is -2.83. The van der Waals surface area contributed by atoms with Crippen LogP contribution in [0.15, 0.2) is 35.5 Å². The number of ketones is 3. The van der Waals surface area contributed by atoms with Gasteiger partial charge in [-0.15, -0.1) is 0 Å². The number of hydrogen-bond donors (Lipinski definition) is 0. The second-order valence-electron chi connectivity index (χ2n) is 5.99. The van der Waals surface area contributed by atoms with Gasteiger partial charge in [-0.25, -0.2) is 0 Å². The van der Waals surface area contributed by atoms with Gasteiger partial charge in [-0.2, -0.15) is 0 Å². The van der Waals surface area contributed by atoms with Crippen molar-refractivity contribution >= 4 is 32.5 Å². The Hall–Kier alpha value is -1.84. The number of allylic oxidation sites excluding steroid dienone is 6. The highest BCUT2D eigenvalue weighted by molar-refractivity contribution is 6.37. The van der Waals surface area contributed by atoms with Crippen molar-refractivity contribution in [2.75, 3.05) is 0 Å². The summed E-state index contributed by atoms with van der Waals surface area (Å²) < 4.78 is 17.7. The Balaban J connectivity index is 5.67. The molecule has 0 saturated heterocycles. The van der Waals surface area contributed by atoms with Crippen LogP contribution < -0.4 is 0 Å². The summed E-state index contributed by atoms with van der Waals surface area (Å²) in [4.78, 5) is 35.3. The second kappa shape index (κ2) is 15.1. The Morgan fingerprint density at radius 3 is 0.964 bits per heavy atom. The van der Waals surface area contributed by atoms with E-state index in [4.69, 9.17) is 11.4 Å². The summed E-state index contributed by atoms with van der Waals surface area (Å²) in [7, 11) is 0. The van der Waals surface area contributed by atoms with Gasteiger partial charge in [-0.1, -0.05) is 41.5 Å². The Labute approximate surface area is 174 Å². The molecule has 156 valence electrons. The quantitative estimate of drug-likeness (QED) is 0.219. The molecule has 0 aliphatic heterocycles. The predicted octanol–water partition coefficient (Wildman–Crippen LogP) is 4.84. The molecule has 0 aromatic heterocycles. The summed E-state index contributed by atoms with van der Waals surface area (Å²) in [6.45, 7) is 10.9. The van der Waals surface area contributed by atoms with E-state index in [1.54, 1.807) is 20.8 Å². The SMILES string of the molecule is CCC(=O)/C=C(/CC)[O][Al]([O]/C(=C\C(=O)CC)CC)[O]/C(=C\C(=O)CC)CC. The third kappa shape index (κ3) is 11.1. The summed E-state index contributed by atoms with van der Waals surface area (Å²) in [6.07, 6.45) is 6.97. The Morgan fingerprint density at radius 2 is 0.786 bits per heavy atom. The lowest BCUT2D eigenvalue weighted by atomic mass is 10.2. The topological polar surface area (TPSA) is 78.9 Å². The zero-order chi connectivity index (χ0) is 21.5. The molecule has 0 amide bonds. The summed E-state index contributed by atoms with van der Waals surface area (Å²) in [5.74, 6) is 1.26. The molecular weight excluding hydrogens is 375 g/mol. The number of carbonyl (C=O) groups is 3. The minimum absolute atomic E-state index is 0.0514. The van der Waals surface area contributed by atoms with Gasteiger partial charge in [0.15, 0.2) is 17.3 Å². The molecule has 6 nitrogen and oxygen atoms in total. The van der Waals surface area contributed by atoms with Crippen LogP contribution in [0.5, 0.6) is 0 Å². The lowest BCUT2D eigenvalue weighted by Gasteiger charge is -2.20. The molecule has 0 spiro atoms. The van der Waals surface area contributed by atoms with E-state index in [9.17, 15) is 14.4 Å². The molecule has 0 unspecified atom stereocenters. The normalized spacial score (nSPS) is 12.4. The van der Waals surface area contributed by atoms with Crippen molar-refractivity contribution in [3.63, 3.8) is 0 Å². The van der Waals surface area contributed by atoms with Gasteiger partial charge in [-0.05, 0) is 19.3 Å². The molecule has 28 heavy (non-hydrogen) atoms. The van der Waals surface area contributed by atoms with Crippen LogP contribution in [0, 0.1) is 0 Å². The molecule has 0 radical (unpaired) electrons. The average molecular weight is 408 g/mol. The maximum Gasteiger partial charge on any atom is 1.20 e. The van der Waals surface area contributed by atoms with E-state index < -0.39 is 15.1 Å². The maximum atomic E-state index is 11.8. The van der Waals surface area contributed by atoms with Crippen LogP contribution >= 0.6 is 0 Å². The molecule has 0 heterocycles. The van der Waals surface area contributed by atoms with Crippen LogP contribution in [-0.2, 0) is 25.7 Å². The zero-order valence-electron chi connectivity index (χ0n) is 18.0. The van der Waals surface area contributed by atoms with E-state index in [0.29, 0.717) is 55.8 Å². The first kappa shape index (κ1) is 26.2. The molecule has 0 rings (SSSR count). The van der Waals surface area contributed by atoms with Crippen LogP contribution in [0.2, 0.25) is 0 Å². The van der Waals surface area contributed by atoms with Crippen LogP contribution in [0.1, 0.15) is 80.1 Å². The number of rotatable bonds is 15. The minimum Gasteiger partial charge on any atom is -0.580 e. The Morgan fingerprint density at radius 1 is 0.536 bits per heavy atom. The van der Waals surface area contributed by atoms with Crippen molar-refractivity contribution in [3.8, 4) is 0 Å². The molecule has 0 bridgehead atoms. The van der Waals surface area contributed by atoms with E-state index in [2.05, 4.69) is 0 Å². The maximum absolute atomic E-state index is 11.8. The molecule has 0 aromatic rings. The lowest BCUT2D eigenvalue weighted by molar-refractivity contribution is -0.115. The number of carbonyl (C=O) groups excluding carboxylic acids is 3. The van der Waals surface area contributed by atoms with Gasteiger partial charge in [0.25, 0.3) is 0 Å². The van der Waals surface area contributed by atoms with Crippen molar-refractivity contribution in [2.24, 2.45) is 0 Å².